The molecule has 0 bridgehead atoms. The van der Waals surface area contributed by atoms with Crippen molar-refractivity contribution in [1.82, 2.24) is 20.1 Å². The van der Waals surface area contributed by atoms with Crippen LogP contribution in [0.15, 0.2) is 66.1 Å². The van der Waals surface area contributed by atoms with Gasteiger partial charge in [-0.05, 0) is 36.8 Å². The molecule has 8 nitrogen and oxygen atoms in total. The molecular weight excluding hydrogens is 412 g/mol. The number of hydrogen-bond donors (Lipinski definition) is 2. The van der Waals surface area contributed by atoms with Crippen LogP contribution in [0.1, 0.15) is 16.8 Å². The molecule has 0 spiro atoms. The lowest BCUT2D eigenvalue weighted by atomic mass is 10.2. The van der Waals surface area contributed by atoms with E-state index in [-0.39, 0.29) is 17.6 Å². The van der Waals surface area contributed by atoms with E-state index in [1.165, 1.54) is 11.8 Å². The molecule has 0 atom stereocenters. The van der Waals surface area contributed by atoms with Gasteiger partial charge in [-0.15, -0.1) is 10.2 Å². The number of carbonyl (C=O) groups is 2. The Labute approximate surface area is 186 Å². The number of nitrogens with one attached hydrogen (secondary N) is 2. The summed E-state index contributed by atoms with van der Waals surface area (Å²) in [7, 11) is 3.86. The normalized spacial score (nSPS) is 10.5. The first-order valence-electron chi connectivity index (χ1n) is 9.94. The second kappa shape index (κ2) is 11.2. The molecule has 1 aromatic heterocycles. The number of nitrogens with zero attached hydrogens (tertiary/aromatic N) is 4. The molecule has 3 aromatic rings. The van der Waals surface area contributed by atoms with Gasteiger partial charge in [0.05, 0.1) is 5.75 Å². The van der Waals surface area contributed by atoms with Crippen LogP contribution < -0.4 is 15.5 Å². The van der Waals surface area contributed by atoms with Gasteiger partial charge in [0.2, 0.25) is 5.91 Å². The van der Waals surface area contributed by atoms with Crippen LogP contribution in [0.4, 0.5) is 11.4 Å². The standard InChI is InChI=1S/C22H26N6O2S/c1-27(19-10-4-3-5-11-19)13-7-12-23-21(30)17-8-6-9-18(14-17)25-20(29)15-31-22-26-24-16-28(22)2/h3-6,8-11,14,16H,7,12-13,15H2,1-2H3,(H,23,30)(H,25,29). The van der Waals surface area contributed by atoms with Gasteiger partial charge in [-0.25, -0.2) is 0 Å². The Bertz CT molecular complexity index is 1010. The highest BCUT2D eigenvalue weighted by atomic mass is 32.2. The minimum absolute atomic E-state index is 0.160. The lowest BCUT2D eigenvalue weighted by molar-refractivity contribution is -0.113. The van der Waals surface area contributed by atoms with E-state index in [4.69, 9.17) is 0 Å². The Morgan fingerprint density at radius 2 is 1.94 bits per heavy atom. The maximum atomic E-state index is 12.5. The molecule has 0 saturated heterocycles. The van der Waals surface area contributed by atoms with Crippen LogP contribution in [-0.2, 0) is 11.8 Å². The number of thioether (sulfide) groups is 1. The lowest BCUT2D eigenvalue weighted by Crippen LogP contribution is -2.28. The molecule has 0 fully saturated rings. The summed E-state index contributed by atoms with van der Waals surface area (Å²) in [5, 5.41) is 14.1. The molecule has 0 aliphatic rings. The first-order valence-corrected chi connectivity index (χ1v) is 10.9. The van der Waals surface area contributed by atoms with Gasteiger partial charge >= 0.3 is 0 Å². The summed E-state index contributed by atoms with van der Waals surface area (Å²) in [5.74, 6) is -0.126. The SMILES string of the molecule is CN(CCCNC(=O)c1cccc(NC(=O)CSc2nncn2C)c1)c1ccccc1. The number of aryl methyl sites for hydroxylation is 1. The molecule has 0 radical (unpaired) electrons. The van der Waals surface area contributed by atoms with Crippen molar-refractivity contribution in [3.8, 4) is 0 Å². The number of rotatable bonds is 10. The van der Waals surface area contributed by atoms with E-state index in [1.807, 2.05) is 32.3 Å². The van der Waals surface area contributed by atoms with Crippen LogP contribution in [0.3, 0.4) is 0 Å². The minimum atomic E-state index is -0.172. The van der Waals surface area contributed by atoms with Crippen LogP contribution in [0, 0.1) is 0 Å². The molecule has 1 heterocycles. The third kappa shape index (κ3) is 6.85. The van der Waals surface area contributed by atoms with Gasteiger partial charge in [0.25, 0.3) is 5.91 Å². The van der Waals surface area contributed by atoms with Crippen molar-refractivity contribution < 1.29 is 9.59 Å². The van der Waals surface area contributed by atoms with Gasteiger partial charge in [-0.3, -0.25) is 9.59 Å². The minimum Gasteiger partial charge on any atom is -0.375 e. The van der Waals surface area contributed by atoms with E-state index in [1.54, 1.807) is 35.2 Å². The lowest BCUT2D eigenvalue weighted by Gasteiger charge is -2.19. The predicted octanol–water partition coefficient (Wildman–Crippen LogP) is 2.80. The summed E-state index contributed by atoms with van der Waals surface area (Å²) in [5.41, 5.74) is 2.24. The molecule has 0 aliphatic carbocycles. The fourth-order valence-electron chi connectivity index (χ4n) is 2.90. The van der Waals surface area contributed by atoms with Crippen LogP contribution >= 0.6 is 11.8 Å². The van der Waals surface area contributed by atoms with E-state index in [2.05, 4.69) is 37.9 Å². The van der Waals surface area contributed by atoms with Gasteiger partial charge in [-0.2, -0.15) is 0 Å². The maximum Gasteiger partial charge on any atom is 0.251 e. The van der Waals surface area contributed by atoms with Gasteiger partial charge < -0.3 is 20.1 Å². The molecule has 2 amide bonds. The number of para-hydroxylation sites is 1. The molecule has 162 valence electrons. The summed E-state index contributed by atoms with van der Waals surface area (Å²) >= 11 is 1.30. The molecule has 0 unspecified atom stereocenters. The third-order valence-corrected chi connectivity index (χ3v) is 5.60. The second-order valence-electron chi connectivity index (χ2n) is 7.01. The van der Waals surface area contributed by atoms with Gasteiger partial charge in [0, 0.05) is 44.1 Å². The fourth-order valence-corrected chi connectivity index (χ4v) is 3.59. The monoisotopic (exact) mass is 438 g/mol. The third-order valence-electron chi connectivity index (χ3n) is 4.56. The van der Waals surface area contributed by atoms with E-state index in [0.717, 1.165) is 18.7 Å². The Kier molecular flexibility index (Phi) is 8.05. The summed E-state index contributed by atoms with van der Waals surface area (Å²) in [4.78, 5) is 26.8. The number of aromatic nitrogens is 3. The van der Waals surface area contributed by atoms with Crippen molar-refractivity contribution in [1.29, 1.82) is 0 Å². The van der Waals surface area contributed by atoms with Crippen molar-refractivity contribution in [2.75, 3.05) is 36.1 Å². The highest BCUT2D eigenvalue weighted by Gasteiger charge is 2.10. The Balaban J connectivity index is 1.42. The van der Waals surface area contributed by atoms with E-state index < -0.39 is 0 Å². The van der Waals surface area contributed by atoms with Crippen molar-refractivity contribution in [2.24, 2.45) is 7.05 Å². The molecule has 9 heteroatoms. The van der Waals surface area contributed by atoms with Gasteiger partial charge in [-0.1, -0.05) is 36.0 Å². The fraction of sp³-hybridized carbons (Fsp3) is 0.273. The van der Waals surface area contributed by atoms with Crippen molar-refractivity contribution in [3.05, 3.63) is 66.5 Å². The number of anilines is 2. The summed E-state index contributed by atoms with van der Waals surface area (Å²) in [6.45, 7) is 1.41. The van der Waals surface area contributed by atoms with E-state index in [0.29, 0.717) is 23.0 Å². The van der Waals surface area contributed by atoms with Crippen LogP contribution in [0.5, 0.6) is 0 Å². The number of amides is 2. The highest BCUT2D eigenvalue weighted by Crippen LogP contribution is 2.15. The van der Waals surface area contributed by atoms with Crippen molar-refractivity contribution >= 4 is 35.0 Å². The molecular formula is C22H26N6O2S. The molecule has 0 saturated carbocycles. The van der Waals surface area contributed by atoms with Crippen LogP contribution in [0.2, 0.25) is 0 Å². The van der Waals surface area contributed by atoms with Gasteiger partial charge in [0.15, 0.2) is 5.16 Å². The zero-order valence-corrected chi connectivity index (χ0v) is 18.4. The zero-order chi connectivity index (χ0) is 22.1. The average molecular weight is 439 g/mol. The number of benzene rings is 2. The summed E-state index contributed by atoms with van der Waals surface area (Å²) < 4.78 is 1.75. The first kappa shape index (κ1) is 22.4. The summed E-state index contributed by atoms with van der Waals surface area (Å²) in [6, 6.07) is 17.0. The van der Waals surface area contributed by atoms with Gasteiger partial charge in [0.1, 0.15) is 6.33 Å². The van der Waals surface area contributed by atoms with Crippen LogP contribution in [0.25, 0.3) is 0 Å². The molecule has 3 rings (SSSR count). The molecule has 2 aromatic carbocycles. The largest absolute Gasteiger partial charge is 0.375 e. The van der Waals surface area contributed by atoms with Crippen LogP contribution in [-0.4, -0.2) is 52.5 Å². The number of carbonyl (C=O) groups excluding carboxylic acids is 2. The second-order valence-corrected chi connectivity index (χ2v) is 7.95. The highest BCUT2D eigenvalue weighted by molar-refractivity contribution is 7.99. The number of hydrogen-bond acceptors (Lipinski definition) is 6. The Hall–Kier alpha value is -3.33. The maximum absolute atomic E-state index is 12.5. The zero-order valence-electron chi connectivity index (χ0n) is 17.6. The average Bonchev–Trinajstić information content (AvgIpc) is 3.20. The smallest absolute Gasteiger partial charge is 0.251 e. The Morgan fingerprint density at radius 1 is 1.13 bits per heavy atom. The first-order chi connectivity index (χ1) is 15.0. The van der Waals surface area contributed by atoms with E-state index >= 15 is 0 Å². The Morgan fingerprint density at radius 3 is 2.68 bits per heavy atom. The quantitative estimate of drug-likeness (QED) is 0.374. The molecule has 0 aliphatic heterocycles. The summed E-state index contributed by atoms with van der Waals surface area (Å²) in [6.07, 6.45) is 2.41. The predicted molar refractivity (Wildman–Crippen MR) is 123 cm³/mol. The molecule has 31 heavy (non-hydrogen) atoms. The van der Waals surface area contributed by atoms with Crippen molar-refractivity contribution in [3.63, 3.8) is 0 Å². The topological polar surface area (TPSA) is 92.2 Å². The molecule has 2 N–H and O–H groups in total. The van der Waals surface area contributed by atoms with Crippen molar-refractivity contribution in [2.45, 2.75) is 11.6 Å². The van der Waals surface area contributed by atoms with E-state index in [9.17, 15) is 9.59 Å².